The smallest absolute Gasteiger partial charge is 0.196 e. The SMILES string of the molecule is CCCc1cccc(C(=O)c2cccc(OC)c2OC)c1. The second-order valence-corrected chi connectivity index (χ2v) is 4.82. The van der Waals surface area contributed by atoms with E-state index >= 15 is 0 Å². The third-order valence-corrected chi connectivity index (χ3v) is 3.38. The zero-order chi connectivity index (χ0) is 15.2. The van der Waals surface area contributed by atoms with Gasteiger partial charge in [-0.25, -0.2) is 0 Å². The first-order valence-corrected chi connectivity index (χ1v) is 7.05. The van der Waals surface area contributed by atoms with Crippen LogP contribution in [-0.2, 0) is 6.42 Å². The summed E-state index contributed by atoms with van der Waals surface area (Å²) in [4.78, 5) is 12.7. The summed E-state index contributed by atoms with van der Waals surface area (Å²) in [6, 6.07) is 13.1. The van der Waals surface area contributed by atoms with Crippen LogP contribution in [-0.4, -0.2) is 20.0 Å². The number of carbonyl (C=O) groups excluding carboxylic acids is 1. The Labute approximate surface area is 125 Å². The first-order valence-electron chi connectivity index (χ1n) is 7.05. The van der Waals surface area contributed by atoms with Gasteiger partial charge in [0.25, 0.3) is 0 Å². The van der Waals surface area contributed by atoms with Crippen molar-refractivity contribution < 1.29 is 14.3 Å². The minimum Gasteiger partial charge on any atom is -0.493 e. The van der Waals surface area contributed by atoms with Crippen LogP contribution < -0.4 is 9.47 Å². The van der Waals surface area contributed by atoms with E-state index in [2.05, 4.69) is 6.92 Å². The highest BCUT2D eigenvalue weighted by molar-refractivity contribution is 6.11. The fourth-order valence-electron chi connectivity index (χ4n) is 2.38. The van der Waals surface area contributed by atoms with E-state index in [0.29, 0.717) is 22.6 Å². The molecule has 0 atom stereocenters. The molecule has 110 valence electrons. The number of methoxy groups -OCH3 is 2. The van der Waals surface area contributed by atoms with Gasteiger partial charge in [0, 0.05) is 5.56 Å². The zero-order valence-electron chi connectivity index (χ0n) is 12.7. The molecule has 0 unspecified atom stereocenters. The average molecular weight is 284 g/mol. The maximum atomic E-state index is 12.7. The molecular formula is C18H20O3. The Morgan fingerprint density at radius 2 is 1.81 bits per heavy atom. The third-order valence-electron chi connectivity index (χ3n) is 3.38. The van der Waals surface area contributed by atoms with Gasteiger partial charge in [0.15, 0.2) is 17.3 Å². The van der Waals surface area contributed by atoms with Crippen LogP contribution in [0.2, 0.25) is 0 Å². The molecule has 0 bridgehead atoms. The first kappa shape index (κ1) is 15.1. The molecule has 0 heterocycles. The summed E-state index contributed by atoms with van der Waals surface area (Å²) >= 11 is 0. The van der Waals surface area contributed by atoms with Crippen LogP contribution >= 0.6 is 0 Å². The lowest BCUT2D eigenvalue weighted by Gasteiger charge is -2.12. The number of para-hydroxylation sites is 1. The fourth-order valence-corrected chi connectivity index (χ4v) is 2.38. The number of ether oxygens (including phenoxy) is 2. The predicted octanol–water partition coefficient (Wildman–Crippen LogP) is 3.89. The largest absolute Gasteiger partial charge is 0.493 e. The Morgan fingerprint density at radius 3 is 2.48 bits per heavy atom. The minimum absolute atomic E-state index is 0.0521. The molecule has 0 N–H and O–H groups in total. The van der Waals surface area contributed by atoms with Crippen LogP contribution in [0.1, 0.15) is 34.8 Å². The fraction of sp³-hybridized carbons (Fsp3) is 0.278. The molecule has 2 aromatic carbocycles. The topological polar surface area (TPSA) is 35.5 Å². The molecule has 0 aliphatic rings. The Balaban J connectivity index is 2.42. The van der Waals surface area contributed by atoms with Gasteiger partial charge in [0.1, 0.15) is 0 Å². The van der Waals surface area contributed by atoms with E-state index in [-0.39, 0.29) is 5.78 Å². The summed E-state index contributed by atoms with van der Waals surface area (Å²) < 4.78 is 10.6. The number of carbonyl (C=O) groups is 1. The summed E-state index contributed by atoms with van der Waals surface area (Å²) in [7, 11) is 3.11. The summed E-state index contributed by atoms with van der Waals surface area (Å²) in [6.45, 7) is 2.12. The molecule has 3 nitrogen and oxygen atoms in total. The van der Waals surface area contributed by atoms with E-state index in [4.69, 9.17) is 9.47 Å². The lowest BCUT2D eigenvalue weighted by atomic mass is 9.99. The van der Waals surface area contributed by atoms with Crippen molar-refractivity contribution in [2.24, 2.45) is 0 Å². The second kappa shape index (κ2) is 6.93. The molecule has 2 aromatic rings. The molecule has 0 saturated heterocycles. The van der Waals surface area contributed by atoms with E-state index in [0.717, 1.165) is 12.8 Å². The van der Waals surface area contributed by atoms with Crippen molar-refractivity contribution in [1.29, 1.82) is 0 Å². The number of ketones is 1. The van der Waals surface area contributed by atoms with Gasteiger partial charge >= 0.3 is 0 Å². The summed E-state index contributed by atoms with van der Waals surface area (Å²) in [6.07, 6.45) is 2.02. The second-order valence-electron chi connectivity index (χ2n) is 4.82. The molecule has 0 radical (unpaired) electrons. The molecule has 0 amide bonds. The molecule has 2 rings (SSSR count). The van der Waals surface area contributed by atoms with Gasteiger partial charge in [-0.1, -0.05) is 37.6 Å². The number of hydrogen-bond acceptors (Lipinski definition) is 3. The van der Waals surface area contributed by atoms with Gasteiger partial charge in [0.2, 0.25) is 0 Å². The standard InChI is InChI=1S/C18H20O3/c1-4-7-13-8-5-9-14(12-13)17(19)15-10-6-11-16(20-2)18(15)21-3/h5-6,8-12H,4,7H2,1-3H3. The molecular weight excluding hydrogens is 264 g/mol. The maximum Gasteiger partial charge on any atom is 0.196 e. The number of aryl methyl sites for hydroxylation is 1. The first-order chi connectivity index (χ1) is 10.2. The Bertz CT molecular complexity index is 632. The molecule has 21 heavy (non-hydrogen) atoms. The van der Waals surface area contributed by atoms with Crippen molar-refractivity contribution >= 4 is 5.78 Å². The average Bonchev–Trinajstić information content (AvgIpc) is 2.53. The molecule has 0 fully saturated rings. The number of benzene rings is 2. The van der Waals surface area contributed by atoms with Gasteiger partial charge < -0.3 is 9.47 Å². The van der Waals surface area contributed by atoms with Gasteiger partial charge in [-0.05, 0) is 30.2 Å². The predicted molar refractivity (Wildman–Crippen MR) is 83.4 cm³/mol. The van der Waals surface area contributed by atoms with Gasteiger partial charge in [-0.15, -0.1) is 0 Å². The monoisotopic (exact) mass is 284 g/mol. The summed E-state index contributed by atoms with van der Waals surface area (Å²) in [5, 5.41) is 0. The Hall–Kier alpha value is -2.29. The van der Waals surface area contributed by atoms with Gasteiger partial charge in [-0.3, -0.25) is 4.79 Å². The highest BCUT2D eigenvalue weighted by atomic mass is 16.5. The summed E-state index contributed by atoms with van der Waals surface area (Å²) in [5.41, 5.74) is 2.36. The van der Waals surface area contributed by atoms with Crippen LogP contribution in [0.3, 0.4) is 0 Å². The van der Waals surface area contributed by atoms with Crippen LogP contribution in [0.25, 0.3) is 0 Å². The van der Waals surface area contributed by atoms with Crippen molar-refractivity contribution in [2.75, 3.05) is 14.2 Å². The van der Waals surface area contributed by atoms with Gasteiger partial charge in [0.05, 0.1) is 19.8 Å². The maximum absolute atomic E-state index is 12.7. The molecule has 0 spiro atoms. The third kappa shape index (κ3) is 3.24. The van der Waals surface area contributed by atoms with E-state index < -0.39 is 0 Å². The van der Waals surface area contributed by atoms with Crippen molar-refractivity contribution in [3.05, 3.63) is 59.2 Å². The van der Waals surface area contributed by atoms with Crippen LogP contribution in [0.5, 0.6) is 11.5 Å². The molecule has 0 saturated carbocycles. The normalized spacial score (nSPS) is 10.2. The molecule has 3 heteroatoms. The number of hydrogen-bond donors (Lipinski definition) is 0. The quantitative estimate of drug-likeness (QED) is 0.755. The zero-order valence-corrected chi connectivity index (χ0v) is 12.7. The van der Waals surface area contributed by atoms with Gasteiger partial charge in [-0.2, -0.15) is 0 Å². The highest BCUT2D eigenvalue weighted by Crippen LogP contribution is 2.32. The van der Waals surface area contributed by atoms with E-state index in [1.807, 2.05) is 24.3 Å². The molecule has 0 aliphatic heterocycles. The van der Waals surface area contributed by atoms with Crippen LogP contribution in [0, 0.1) is 0 Å². The van der Waals surface area contributed by atoms with E-state index in [9.17, 15) is 4.79 Å². The van der Waals surface area contributed by atoms with Crippen molar-refractivity contribution in [2.45, 2.75) is 19.8 Å². The van der Waals surface area contributed by atoms with Crippen molar-refractivity contribution in [3.8, 4) is 11.5 Å². The molecule has 0 aliphatic carbocycles. The Morgan fingerprint density at radius 1 is 1.05 bits per heavy atom. The van der Waals surface area contributed by atoms with E-state index in [1.165, 1.54) is 5.56 Å². The number of rotatable bonds is 6. The lowest BCUT2D eigenvalue weighted by molar-refractivity contribution is 0.103. The molecule has 0 aromatic heterocycles. The minimum atomic E-state index is -0.0521. The highest BCUT2D eigenvalue weighted by Gasteiger charge is 2.18. The van der Waals surface area contributed by atoms with Crippen LogP contribution in [0.4, 0.5) is 0 Å². The van der Waals surface area contributed by atoms with E-state index in [1.54, 1.807) is 32.4 Å². The van der Waals surface area contributed by atoms with Crippen LogP contribution in [0.15, 0.2) is 42.5 Å². The van der Waals surface area contributed by atoms with Crippen molar-refractivity contribution in [3.63, 3.8) is 0 Å². The Kier molecular flexibility index (Phi) is 4.99. The lowest BCUT2D eigenvalue weighted by Crippen LogP contribution is -2.05. The summed E-state index contributed by atoms with van der Waals surface area (Å²) in [5.74, 6) is 0.989. The van der Waals surface area contributed by atoms with Crippen molar-refractivity contribution in [1.82, 2.24) is 0 Å².